The number of allylic oxidation sites excluding steroid dienone is 2. The molecule has 1 N–H and O–H groups in total. The number of halogens is 2. The van der Waals surface area contributed by atoms with E-state index in [1.807, 2.05) is 10.6 Å². The first kappa shape index (κ1) is 29.4. The van der Waals surface area contributed by atoms with Crippen LogP contribution >= 0.6 is 0 Å². The summed E-state index contributed by atoms with van der Waals surface area (Å²) >= 11 is 0. The van der Waals surface area contributed by atoms with E-state index in [0.717, 1.165) is 24.4 Å². The van der Waals surface area contributed by atoms with Crippen molar-refractivity contribution in [3.05, 3.63) is 124 Å². The summed E-state index contributed by atoms with van der Waals surface area (Å²) < 4.78 is 37.5. The van der Waals surface area contributed by atoms with E-state index in [1.165, 1.54) is 30.3 Å². The molecule has 1 heterocycles. The van der Waals surface area contributed by atoms with Gasteiger partial charge in [0, 0.05) is 24.1 Å². The molecule has 4 aromatic rings. The van der Waals surface area contributed by atoms with Gasteiger partial charge in [0.05, 0.1) is 33.9 Å². The second kappa shape index (κ2) is 12.0. The van der Waals surface area contributed by atoms with Crippen LogP contribution in [0, 0.1) is 28.4 Å². The number of ether oxygens (including phenoxy) is 1. The number of carboxylic acid groups (broad SMARTS) is 1. The van der Waals surface area contributed by atoms with Crippen molar-refractivity contribution >= 4 is 22.7 Å². The number of imidazole rings is 1. The van der Waals surface area contributed by atoms with Crippen LogP contribution < -0.4 is 0 Å². The number of carbonyl (C=O) groups is 1. The maximum absolute atomic E-state index is 15.5. The number of hydrogen-bond acceptors (Lipinski definition) is 5. The van der Waals surface area contributed by atoms with Crippen LogP contribution in [0.1, 0.15) is 65.1 Å². The molecule has 0 saturated heterocycles. The van der Waals surface area contributed by atoms with Gasteiger partial charge in [0.15, 0.2) is 0 Å². The lowest BCUT2D eigenvalue weighted by Gasteiger charge is -2.15. The van der Waals surface area contributed by atoms with Crippen LogP contribution in [0.15, 0.2) is 84.2 Å². The van der Waals surface area contributed by atoms with Gasteiger partial charge in [0.1, 0.15) is 24.1 Å². The minimum Gasteiger partial charge on any atom is -0.478 e. The third-order valence-electron chi connectivity index (χ3n) is 7.64. The Kier molecular flexibility index (Phi) is 8.22. The summed E-state index contributed by atoms with van der Waals surface area (Å²) in [6, 6.07) is 15.7. The molecule has 5 rings (SSSR count). The lowest BCUT2D eigenvalue weighted by Crippen LogP contribution is -2.12. The number of benzene rings is 3. The van der Waals surface area contributed by atoms with Crippen molar-refractivity contribution in [2.75, 3.05) is 0 Å². The summed E-state index contributed by atoms with van der Waals surface area (Å²) in [5, 5.41) is 18.4. The summed E-state index contributed by atoms with van der Waals surface area (Å²) in [7, 11) is 0. The van der Waals surface area contributed by atoms with Crippen LogP contribution in [0.2, 0.25) is 0 Å². The maximum Gasteiger partial charge on any atom is 0.335 e. The summed E-state index contributed by atoms with van der Waals surface area (Å²) in [4.78, 5) is 20.8. The Morgan fingerprint density at radius 3 is 2.49 bits per heavy atom. The third kappa shape index (κ3) is 6.54. The summed E-state index contributed by atoms with van der Waals surface area (Å²) in [5.74, 6) is -1.15. The van der Waals surface area contributed by atoms with Gasteiger partial charge in [-0.05, 0) is 79.3 Å². The Hall–Kier alpha value is -5.10. The SMILES string of the molecule is C=C/C(=N\C(=C/C)OCc1ccc(C#N)cc1F)c1ccc(Cc2nc3ccc(C(=O)O)cc3n2CC2(C)CC2)c(F)c1. The second-order valence-electron chi connectivity index (χ2n) is 11.0. The Morgan fingerprint density at radius 2 is 1.86 bits per heavy atom. The van der Waals surface area contributed by atoms with Gasteiger partial charge in [0.25, 0.3) is 0 Å². The van der Waals surface area contributed by atoms with Crippen LogP contribution in [-0.4, -0.2) is 26.3 Å². The van der Waals surface area contributed by atoms with E-state index < -0.39 is 17.6 Å². The number of aliphatic imine (C=N–C) groups is 1. The average molecular weight is 581 g/mol. The molecule has 0 radical (unpaired) electrons. The summed E-state index contributed by atoms with van der Waals surface area (Å²) in [6.45, 7) is 8.27. The Balaban J connectivity index is 1.38. The van der Waals surface area contributed by atoms with Gasteiger partial charge in [-0.25, -0.2) is 23.6 Å². The highest BCUT2D eigenvalue weighted by Crippen LogP contribution is 2.47. The predicted octanol–water partition coefficient (Wildman–Crippen LogP) is 7.33. The number of aromatic nitrogens is 2. The van der Waals surface area contributed by atoms with Crippen molar-refractivity contribution in [1.29, 1.82) is 5.26 Å². The standard InChI is InChI=1S/C34H30F2N4O3/c1-4-28(39-32(5-2)43-19-25-7-6-21(18-37)14-26(25)35)23-9-8-22(27(36)15-23)17-31-38-29-11-10-24(33(41)42)16-30(29)40(31)20-34(3)12-13-34/h4-11,14-16H,1,12-13,17,19-20H2,2-3H3,(H,41,42)/b32-5+,39-28+. The van der Waals surface area contributed by atoms with Crippen molar-refractivity contribution in [2.24, 2.45) is 10.4 Å². The lowest BCUT2D eigenvalue weighted by atomic mass is 10.0. The van der Waals surface area contributed by atoms with Gasteiger partial charge in [0.2, 0.25) is 5.88 Å². The molecule has 1 fully saturated rings. The Labute approximate surface area is 248 Å². The predicted molar refractivity (Wildman–Crippen MR) is 160 cm³/mol. The topological polar surface area (TPSA) is 100 Å². The first-order valence-electron chi connectivity index (χ1n) is 13.8. The molecule has 218 valence electrons. The van der Waals surface area contributed by atoms with Gasteiger partial charge in [-0.1, -0.05) is 31.7 Å². The van der Waals surface area contributed by atoms with Crippen molar-refractivity contribution in [1.82, 2.24) is 9.55 Å². The number of hydrogen-bond donors (Lipinski definition) is 1. The van der Waals surface area contributed by atoms with E-state index in [-0.39, 0.29) is 41.0 Å². The van der Waals surface area contributed by atoms with Crippen LogP contribution in [0.4, 0.5) is 8.78 Å². The van der Waals surface area contributed by atoms with Gasteiger partial charge < -0.3 is 14.4 Å². The van der Waals surface area contributed by atoms with E-state index in [4.69, 9.17) is 15.0 Å². The quantitative estimate of drug-likeness (QED) is 0.148. The molecule has 0 spiro atoms. The molecule has 43 heavy (non-hydrogen) atoms. The van der Waals surface area contributed by atoms with E-state index in [1.54, 1.807) is 37.3 Å². The maximum atomic E-state index is 15.5. The number of nitrogens with zero attached hydrogens (tertiary/aromatic N) is 4. The fourth-order valence-electron chi connectivity index (χ4n) is 4.80. The average Bonchev–Trinajstić information content (AvgIpc) is 3.64. The normalized spacial score (nSPS) is 14.4. The molecule has 1 aliphatic carbocycles. The Morgan fingerprint density at radius 1 is 1.14 bits per heavy atom. The molecule has 0 atom stereocenters. The molecule has 1 aromatic heterocycles. The van der Waals surface area contributed by atoms with Crippen molar-refractivity contribution < 1.29 is 23.4 Å². The highest BCUT2D eigenvalue weighted by molar-refractivity contribution is 6.08. The molecule has 9 heteroatoms. The van der Waals surface area contributed by atoms with E-state index in [9.17, 15) is 14.3 Å². The summed E-state index contributed by atoms with van der Waals surface area (Å²) in [6.07, 6.45) is 5.45. The smallest absolute Gasteiger partial charge is 0.335 e. The molecule has 0 amide bonds. The number of carboxylic acids is 1. The zero-order valence-corrected chi connectivity index (χ0v) is 23.9. The molecular weight excluding hydrogens is 550 g/mol. The zero-order chi connectivity index (χ0) is 30.7. The number of rotatable bonds is 11. The van der Waals surface area contributed by atoms with E-state index in [2.05, 4.69) is 18.5 Å². The minimum absolute atomic E-state index is 0.105. The van der Waals surface area contributed by atoms with Crippen LogP contribution in [-0.2, 0) is 24.3 Å². The third-order valence-corrected chi connectivity index (χ3v) is 7.64. The molecule has 0 unspecified atom stereocenters. The largest absolute Gasteiger partial charge is 0.478 e. The summed E-state index contributed by atoms with van der Waals surface area (Å²) in [5.41, 5.74) is 3.45. The van der Waals surface area contributed by atoms with E-state index >= 15 is 4.39 Å². The zero-order valence-electron chi connectivity index (χ0n) is 23.9. The molecule has 3 aromatic carbocycles. The molecule has 0 bridgehead atoms. The van der Waals surface area contributed by atoms with E-state index in [0.29, 0.717) is 34.7 Å². The van der Waals surface area contributed by atoms with Gasteiger partial charge in [-0.15, -0.1) is 0 Å². The molecular formula is C34H30F2N4O3. The fourth-order valence-corrected chi connectivity index (χ4v) is 4.80. The Bertz CT molecular complexity index is 1840. The van der Waals surface area contributed by atoms with Crippen LogP contribution in [0.25, 0.3) is 11.0 Å². The highest BCUT2D eigenvalue weighted by Gasteiger charge is 2.38. The van der Waals surface area contributed by atoms with Gasteiger partial charge in [-0.3, -0.25) is 0 Å². The number of fused-ring (bicyclic) bond motifs is 1. The molecule has 1 saturated carbocycles. The monoisotopic (exact) mass is 580 g/mol. The molecule has 7 nitrogen and oxygen atoms in total. The van der Waals surface area contributed by atoms with Crippen molar-refractivity contribution in [2.45, 2.75) is 46.3 Å². The first-order valence-corrected chi connectivity index (χ1v) is 13.8. The van der Waals surface area contributed by atoms with Gasteiger partial charge in [-0.2, -0.15) is 5.26 Å². The van der Waals surface area contributed by atoms with Crippen molar-refractivity contribution in [3.8, 4) is 6.07 Å². The van der Waals surface area contributed by atoms with Crippen LogP contribution in [0.5, 0.6) is 0 Å². The number of aromatic carboxylic acids is 1. The molecule has 1 aliphatic rings. The molecule has 0 aliphatic heterocycles. The highest BCUT2D eigenvalue weighted by atomic mass is 19.1. The second-order valence-corrected chi connectivity index (χ2v) is 11.0. The number of nitriles is 1. The van der Waals surface area contributed by atoms with Crippen LogP contribution in [0.3, 0.4) is 0 Å². The minimum atomic E-state index is -1.01. The first-order chi connectivity index (χ1) is 20.6. The fraction of sp³-hybridized carbons (Fsp3) is 0.235. The van der Waals surface area contributed by atoms with Crippen molar-refractivity contribution in [3.63, 3.8) is 0 Å². The lowest BCUT2D eigenvalue weighted by molar-refractivity contribution is 0.0697. The van der Waals surface area contributed by atoms with Gasteiger partial charge >= 0.3 is 5.97 Å².